The summed E-state index contributed by atoms with van der Waals surface area (Å²) in [4.78, 5) is 3.75. The Hall–Kier alpha value is -1.10. The van der Waals surface area contributed by atoms with E-state index in [0.717, 1.165) is 0 Å². The number of alkyl halides is 2. The first-order chi connectivity index (χ1) is 5.61. The number of thiocarbonyl (C=S) groups is 1. The molecule has 0 aromatic carbocycles. The van der Waals surface area contributed by atoms with Crippen LogP contribution in [-0.4, -0.2) is 9.97 Å². The molecule has 0 spiro atoms. The van der Waals surface area contributed by atoms with Crippen LogP contribution >= 0.6 is 12.2 Å². The van der Waals surface area contributed by atoms with Crippen LogP contribution in [0.2, 0.25) is 0 Å². The predicted molar refractivity (Wildman–Crippen MR) is 45.1 cm³/mol. The third-order valence-electron chi connectivity index (χ3n) is 1.29. The van der Waals surface area contributed by atoms with Gasteiger partial charge in [0.25, 0.3) is 6.43 Å². The van der Waals surface area contributed by atoms with Gasteiger partial charge in [0.2, 0.25) is 0 Å². The highest BCUT2D eigenvalue weighted by Gasteiger charge is 2.08. The molecular weight excluding hydrogens is 182 g/mol. The average molecular weight is 188 g/mol. The van der Waals surface area contributed by atoms with Crippen molar-refractivity contribution in [2.75, 3.05) is 0 Å². The van der Waals surface area contributed by atoms with Gasteiger partial charge in [-0.15, -0.1) is 0 Å². The molecule has 0 saturated carbocycles. The highest BCUT2D eigenvalue weighted by molar-refractivity contribution is 7.80. The topological polar surface area (TPSA) is 38.9 Å². The van der Waals surface area contributed by atoms with E-state index in [1.54, 1.807) is 0 Å². The molecule has 0 amide bonds. The fourth-order valence-electron chi connectivity index (χ4n) is 0.717. The monoisotopic (exact) mass is 188 g/mol. The van der Waals surface area contributed by atoms with E-state index in [1.165, 1.54) is 18.3 Å². The van der Waals surface area contributed by atoms with E-state index in [4.69, 9.17) is 5.73 Å². The van der Waals surface area contributed by atoms with E-state index in [0.29, 0.717) is 0 Å². The Morgan fingerprint density at radius 2 is 2.25 bits per heavy atom. The van der Waals surface area contributed by atoms with Crippen molar-refractivity contribution >= 4 is 17.2 Å². The van der Waals surface area contributed by atoms with Crippen molar-refractivity contribution in [1.82, 2.24) is 4.98 Å². The lowest BCUT2D eigenvalue weighted by Crippen LogP contribution is -2.11. The lowest BCUT2D eigenvalue weighted by molar-refractivity contribution is 0.151. The molecule has 1 aromatic heterocycles. The normalized spacial score (nSPS) is 10.2. The minimum Gasteiger partial charge on any atom is -0.388 e. The maximum atomic E-state index is 12.1. The zero-order chi connectivity index (χ0) is 9.14. The minimum atomic E-state index is -2.51. The molecule has 0 atom stereocenters. The molecule has 1 heterocycles. The molecule has 1 aromatic rings. The van der Waals surface area contributed by atoms with Crippen LogP contribution in [0.3, 0.4) is 0 Å². The van der Waals surface area contributed by atoms with Crippen LogP contribution in [0.5, 0.6) is 0 Å². The standard InChI is InChI=1S/C7H6F2N2S/c8-6(9)4-1-2-11-5(3-4)7(10)12/h1-3,6H,(H2,10,12). The van der Waals surface area contributed by atoms with Gasteiger partial charge in [-0.3, -0.25) is 4.98 Å². The molecule has 2 nitrogen and oxygen atoms in total. The number of pyridine rings is 1. The van der Waals surface area contributed by atoms with Crippen molar-refractivity contribution in [3.63, 3.8) is 0 Å². The number of aromatic nitrogens is 1. The summed E-state index contributed by atoms with van der Waals surface area (Å²) in [6.45, 7) is 0. The highest BCUT2D eigenvalue weighted by Crippen LogP contribution is 2.17. The van der Waals surface area contributed by atoms with Gasteiger partial charge in [-0.2, -0.15) is 0 Å². The van der Waals surface area contributed by atoms with Crippen LogP contribution in [0.15, 0.2) is 18.3 Å². The van der Waals surface area contributed by atoms with Crippen LogP contribution in [-0.2, 0) is 0 Å². The second kappa shape index (κ2) is 3.53. The van der Waals surface area contributed by atoms with Gasteiger partial charge >= 0.3 is 0 Å². The van der Waals surface area contributed by atoms with E-state index in [2.05, 4.69) is 17.2 Å². The number of halogens is 2. The Morgan fingerprint density at radius 1 is 1.58 bits per heavy atom. The molecule has 2 N–H and O–H groups in total. The van der Waals surface area contributed by atoms with Crippen LogP contribution in [0.4, 0.5) is 8.78 Å². The van der Waals surface area contributed by atoms with Crippen molar-refractivity contribution in [3.05, 3.63) is 29.6 Å². The molecule has 0 unspecified atom stereocenters. The molecule has 64 valence electrons. The van der Waals surface area contributed by atoms with Gasteiger partial charge in [0.1, 0.15) is 4.99 Å². The summed E-state index contributed by atoms with van der Waals surface area (Å²) in [6.07, 6.45) is -1.25. The van der Waals surface area contributed by atoms with Gasteiger partial charge < -0.3 is 5.73 Å². The second-order valence-electron chi connectivity index (χ2n) is 2.14. The first kappa shape index (κ1) is 8.99. The van der Waals surface area contributed by atoms with Gasteiger partial charge in [-0.25, -0.2) is 8.78 Å². The first-order valence-corrected chi connectivity index (χ1v) is 3.56. The van der Waals surface area contributed by atoms with Gasteiger partial charge in [0.15, 0.2) is 0 Å². The quantitative estimate of drug-likeness (QED) is 0.717. The fraction of sp³-hybridized carbons (Fsp3) is 0.143. The Labute approximate surface area is 73.4 Å². The Balaban J connectivity index is 3.04. The van der Waals surface area contributed by atoms with E-state index < -0.39 is 6.43 Å². The fourth-order valence-corrected chi connectivity index (χ4v) is 0.829. The number of hydrogen-bond acceptors (Lipinski definition) is 2. The lowest BCUT2D eigenvalue weighted by Gasteiger charge is -2.00. The maximum absolute atomic E-state index is 12.1. The zero-order valence-corrected chi connectivity index (χ0v) is 6.81. The van der Waals surface area contributed by atoms with E-state index in [9.17, 15) is 8.78 Å². The molecule has 0 aliphatic rings. The minimum absolute atomic E-state index is 0.0255. The molecule has 0 aliphatic carbocycles. The SMILES string of the molecule is NC(=S)c1cc(C(F)F)ccn1. The molecule has 0 fully saturated rings. The first-order valence-electron chi connectivity index (χ1n) is 3.15. The second-order valence-corrected chi connectivity index (χ2v) is 2.58. The summed E-state index contributed by atoms with van der Waals surface area (Å²) in [5.74, 6) is 0. The number of nitrogens with two attached hydrogens (primary N) is 1. The third kappa shape index (κ3) is 1.94. The summed E-state index contributed by atoms with van der Waals surface area (Å²) in [5.41, 5.74) is 5.31. The number of nitrogens with zero attached hydrogens (tertiary/aromatic N) is 1. The Morgan fingerprint density at radius 3 is 2.75 bits per heavy atom. The molecule has 0 aliphatic heterocycles. The van der Waals surface area contributed by atoms with Crippen molar-refractivity contribution in [2.24, 2.45) is 5.73 Å². The average Bonchev–Trinajstić information content (AvgIpc) is 2.04. The molecule has 5 heteroatoms. The van der Waals surface area contributed by atoms with Gasteiger partial charge in [-0.05, 0) is 12.1 Å². The molecular formula is C7H6F2N2S. The summed E-state index contributed by atoms with van der Waals surface area (Å²) >= 11 is 4.58. The molecule has 0 bridgehead atoms. The summed E-state index contributed by atoms with van der Waals surface area (Å²) in [6, 6.07) is 2.42. The van der Waals surface area contributed by atoms with Crippen LogP contribution in [0, 0.1) is 0 Å². The van der Waals surface area contributed by atoms with Gasteiger partial charge in [0.05, 0.1) is 5.69 Å². The summed E-state index contributed by atoms with van der Waals surface area (Å²) in [5, 5.41) is 0. The third-order valence-corrected chi connectivity index (χ3v) is 1.50. The number of rotatable bonds is 2. The van der Waals surface area contributed by atoms with Crippen LogP contribution in [0.25, 0.3) is 0 Å². The number of hydrogen-bond donors (Lipinski definition) is 1. The molecule has 12 heavy (non-hydrogen) atoms. The predicted octanol–water partition coefficient (Wildman–Crippen LogP) is 1.65. The summed E-state index contributed by atoms with van der Waals surface area (Å²) < 4.78 is 24.2. The van der Waals surface area contributed by atoms with Gasteiger partial charge in [-0.1, -0.05) is 12.2 Å². The van der Waals surface area contributed by atoms with Crippen LogP contribution < -0.4 is 5.73 Å². The van der Waals surface area contributed by atoms with E-state index >= 15 is 0 Å². The maximum Gasteiger partial charge on any atom is 0.263 e. The van der Waals surface area contributed by atoms with E-state index in [1.807, 2.05) is 0 Å². The van der Waals surface area contributed by atoms with Gasteiger partial charge in [0, 0.05) is 11.8 Å². The summed E-state index contributed by atoms with van der Waals surface area (Å²) in [7, 11) is 0. The molecule has 0 saturated heterocycles. The van der Waals surface area contributed by atoms with Crippen molar-refractivity contribution in [2.45, 2.75) is 6.43 Å². The Bertz CT molecular complexity index is 301. The smallest absolute Gasteiger partial charge is 0.263 e. The molecule has 0 radical (unpaired) electrons. The van der Waals surface area contributed by atoms with E-state index in [-0.39, 0.29) is 16.2 Å². The lowest BCUT2D eigenvalue weighted by atomic mass is 10.2. The largest absolute Gasteiger partial charge is 0.388 e. The zero-order valence-electron chi connectivity index (χ0n) is 6.00. The van der Waals surface area contributed by atoms with Crippen molar-refractivity contribution < 1.29 is 8.78 Å². The molecule has 1 rings (SSSR count). The Kier molecular flexibility index (Phi) is 2.65. The van der Waals surface area contributed by atoms with Crippen LogP contribution in [0.1, 0.15) is 17.7 Å². The van der Waals surface area contributed by atoms with Crippen molar-refractivity contribution in [3.8, 4) is 0 Å². The van der Waals surface area contributed by atoms with Crippen molar-refractivity contribution in [1.29, 1.82) is 0 Å². The highest BCUT2D eigenvalue weighted by atomic mass is 32.1.